The van der Waals surface area contributed by atoms with Crippen molar-refractivity contribution in [2.24, 2.45) is 23.2 Å². The van der Waals surface area contributed by atoms with E-state index >= 15 is 0 Å². The number of furan rings is 1. The Kier molecular flexibility index (Phi) is 4.75. The van der Waals surface area contributed by atoms with E-state index in [9.17, 15) is 4.79 Å². The maximum Gasteiger partial charge on any atom is 0.275 e. The topological polar surface area (TPSA) is 58.9 Å². The molecule has 4 aliphatic rings. The molecule has 2 aromatic rings. The number of carbonyl (C=O) groups excluding carboxylic acids is 1. The van der Waals surface area contributed by atoms with E-state index < -0.39 is 0 Å². The van der Waals surface area contributed by atoms with E-state index in [-0.39, 0.29) is 11.9 Å². The third-order valence-electron chi connectivity index (χ3n) is 7.37. The van der Waals surface area contributed by atoms with Crippen molar-refractivity contribution in [1.82, 2.24) is 5.32 Å². The Labute approximate surface area is 167 Å². The van der Waals surface area contributed by atoms with Crippen molar-refractivity contribution in [2.45, 2.75) is 44.6 Å². The molecule has 4 nitrogen and oxygen atoms in total. The SMILES string of the molecule is O=C(C[NH2+][C@@H](c1ccccc1)c1ccco1)NCC12CC3CC(CC(C3)C1)C2. The molecule has 1 atom stereocenters. The van der Waals surface area contributed by atoms with Gasteiger partial charge in [-0.3, -0.25) is 4.79 Å². The smallest absolute Gasteiger partial charge is 0.275 e. The Morgan fingerprint density at radius 2 is 1.71 bits per heavy atom. The number of amides is 1. The van der Waals surface area contributed by atoms with Crippen LogP contribution in [0.1, 0.15) is 55.9 Å². The number of quaternary nitrogens is 1. The molecule has 4 heteroatoms. The van der Waals surface area contributed by atoms with Crippen molar-refractivity contribution in [3.05, 3.63) is 60.1 Å². The van der Waals surface area contributed by atoms with Gasteiger partial charge in [-0.1, -0.05) is 30.3 Å². The average Bonchev–Trinajstić information content (AvgIpc) is 3.21. The number of hydrogen-bond acceptors (Lipinski definition) is 2. The molecular formula is C24H31N2O2+. The summed E-state index contributed by atoms with van der Waals surface area (Å²) in [5.41, 5.74) is 1.55. The van der Waals surface area contributed by atoms with Crippen LogP contribution in [-0.4, -0.2) is 19.0 Å². The van der Waals surface area contributed by atoms with Gasteiger partial charge in [-0.2, -0.15) is 0 Å². The van der Waals surface area contributed by atoms with E-state index in [1.807, 2.05) is 30.3 Å². The summed E-state index contributed by atoms with van der Waals surface area (Å²) in [6, 6.07) is 14.2. The highest BCUT2D eigenvalue weighted by molar-refractivity contribution is 5.76. The largest absolute Gasteiger partial charge is 0.463 e. The zero-order valence-corrected chi connectivity index (χ0v) is 16.5. The van der Waals surface area contributed by atoms with Crippen molar-refractivity contribution in [3.63, 3.8) is 0 Å². The molecular weight excluding hydrogens is 348 g/mol. The third kappa shape index (κ3) is 3.62. The van der Waals surface area contributed by atoms with Crippen LogP contribution in [0.25, 0.3) is 0 Å². The first-order valence-electron chi connectivity index (χ1n) is 10.9. The third-order valence-corrected chi connectivity index (χ3v) is 7.37. The zero-order chi connectivity index (χ0) is 19.0. The van der Waals surface area contributed by atoms with Gasteiger partial charge in [0.05, 0.1) is 6.26 Å². The molecule has 1 amide bonds. The lowest BCUT2D eigenvalue weighted by Gasteiger charge is -2.56. The highest BCUT2D eigenvalue weighted by Crippen LogP contribution is 2.59. The van der Waals surface area contributed by atoms with Crippen molar-refractivity contribution >= 4 is 5.91 Å². The van der Waals surface area contributed by atoms with Gasteiger partial charge in [0.25, 0.3) is 5.91 Å². The van der Waals surface area contributed by atoms with Crippen LogP contribution in [0.2, 0.25) is 0 Å². The zero-order valence-electron chi connectivity index (χ0n) is 16.5. The maximum atomic E-state index is 12.7. The number of nitrogens with two attached hydrogens (primary N) is 1. The van der Waals surface area contributed by atoms with Gasteiger partial charge < -0.3 is 15.1 Å². The second-order valence-corrected chi connectivity index (χ2v) is 9.54. The van der Waals surface area contributed by atoms with Gasteiger partial charge in [-0.05, 0) is 73.8 Å². The van der Waals surface area contributed by atoms with E-state index in [0.717, 1.165) is 35.6 Å². The Bertz CT molecular complexity index is 764. The average molecular weight is 380 g/mol. The minimum atomic E-state index is 0.0153. The van der Waals surface area contributed by atoms with E-state index in [1.165, 1.54) is 38.5 Å². The fraction of sp³-hybridized carbons (Fsp3) is 0.542. The highest BCUT2D eigenvalue weighted by atomic mass is 16.3. The number of hydrogen-bond donors (Lipinski definition) is 2. The number of rotatable bonds is 7. The molecule has 148 valence electrons. The van der Waals surface area contributed by atoms with Crippen LogP contribution in [-0.2, 0) is 4.79 Å². The Morgan fingerprint density at radius 3 is 2.32 bits per heavy atom. The van der Waals surface area contributed by atoms with Crippen LogP contribution < -0.4 is 10.6 Å². The van der Waals surface area contributed by atoms with Gasteiger partial charge in [-0.15, -0.1) is 0 Å². The van der Waals surface area contributed by atoms with E-state index in [2.05, 4.69) is 22.8 Å². The van der Waals surface area contributed by atoms with Gasteiger partial charge in [0.2, 0.25) is 0 Å². The second kappa shape index (κ2) is 7.40. The molecule has 0 radical (unpaired) electrons. The van der Waals surface area contributed by atoms with Crippen molar-refractivity contribution in [1.29, 1.82) is 0 Å². The molecule has 0 aliphatic heterocycles. The number of benzene rings is 1. The minimum Gasteiger partial charge on any atom is -0.463 e. The van der Waals surface area contributed by atoms with Gasteiger partial charge in [0, 0.05) is 12.1 Å². The molecule has 0 saturated heterocycles. The second-order valence-electron chi connectivity index (χ2n) is 9.54. The van der Waals surface area contributed by atoms with Gasteiger partial charge in [0.15, 0.2) is 18.3 Å². The summed E-state index contributed by atoms with van der Waals surface area (Å²) in [6.07, 6.45) is 10.0. The number of nitrogens with one attached hydrogen (secondary N) is 1. The van der Waals surface area contributed by atoms with Crippen LogP contribution >= 0.6 is 0 Å². The standard InChI is InChI=1S/C24H30N2O2/c27-22(26-16-24-12-17-9-18(13-24)11-19(10-17)14-24)15-25-23(21-7-4-8-28-21)20-5-2-1-3-6-20/h1-8,17-19,23,25H,9-16H2,(H,26,27)/p+1/t17?,18?,19?,23-,24?/m0/s1. The number of carbonyl (C=O) groups is 1. The summed E-state index contributed by atoms with van der Waals surface area (Å²) in [6.45, 7) is 1.30. The highest BCUT2D eigenvalue weighted by Gasteiger charge is 2.50. The molecule has 28 heavy (non-hydrogen) atoms. The fourth-order valence-electron chi connectivity index (χ4n) is 6.63. The predicted octanol–water partition coefficient (Wildman–Crippen LogP) is 3.27. The summed E-state index contributed by atoms with van der Waals surface area (Å²) < 4.78 is 5.64. The lowest BCUT2D eigenvalue weighted by Crippen LogP contribution is -2.87. The van der Waals surface area contributed by atoms with Crippen molar-refractivity contribution in [2.75, 3.05) is 13.1 Å². The van der Waals surface area contributed by atoms with Crippen LogP contribution in [0.15, 0.2) is 53.1 Å². The minimum absolute atomic E-state index is 0.0153. The molecule has 6 rings (SSSR count). The van der Waals surface area contributed by atoms with Crippen LogP contribution in [0.3, 0.4) is 0 Å². The molecule has 1 heterocycles. The summed E-state index contributed by atoms with van der Waals surface area (Å²) in [5.74, 6) is 3.81. The quantitative estimate of drug-likeness (QED) is 0.776. The molecule has 4 fully saturated rings. The van der Waals surface area contributed by atoms with Crippen molar-refractivity contribution < 1.29 is 14.5 Å². The lowest BCUT2D eigenvalue weighted by molar-refractivity contribution is -0.678. The van der Waals surface area contributed by atoms with Crippen LogP contribution in [0.5, 0.6) is 0 Å². The molecule has 1 aromatic heterocycles. The van der Waals surface area contributed by atoms with Crippen LogP contribution in [0.4, 0.5) is 0 Å². The van der Waals surface area contributed by atoms with E-state index in [0.29, 0.717) is 12.0 Å². The summed E-state index contributed by atoms with van der Waals surface area (Å²) in [5, 5.41) is 5.38. The Morgan fingerprint density at radius 1 is 1.04 bits per heavy atom. The normalized spacial score (nSPS) is 31.6. The van der Waals surface area contributed by atoms with E-state index in [1.54, 1.807) is 6.26 Å². The van der Waals surface area contributed by atoms with E-state index in [4.69, 9.17) is 4.42 Å². The van der Waals surface area contributed by atoms with Crippen molar-refractivity contribution in [3.8, 4) is 0 Å². The molecule has 4 bridgehead atoms. The van der Waals surface area contributed by atoms with Crippen LogP contribution in [0, 0.1) is 23.2 Å². The Hall–Kier alpha value is -2.07. The first-order chi connectivity index (χ1) is 13.7. The maximum absolute atomic E-state index is 12.7. The Balaban J connectivity index is 1.19. The molecule has 4 saturated carbocycles. The van der Waals surface area contributed by atoms with Gasteiger partial charge in [0.1, 0.15) is 0 Å². The lowest BCUT2D eigenvalue weighted by atomic mass is 9.49. The van der Waals surface area contributed by atoms with Gasteiger partial charge in [-0.25, -0.2) is 0 Å². The summed E-state index contributed by atoms with van der Waals surface area (Å²) in [7, 11) is 0. The monoisotopic (exact) mass is 379 g/mol. The molecule has 3 N–H and O–H groups in total. The molecule has 0 unspecified atom stereocenters. The molecule has 1 aromatic carbocycles. The molecule has 0 spiro atoms. The predicted molar refractivity (Wildman–Crippen MR) is 107 cm³/mol. The van der Waals surface area contributed by atoms with Gasteiger partial charge >= 0.3 is 0 Å². The summed E-state index contributed by atoms with van der Waals surface area (Å²) in [4.78, 5) is 12.7. The first kappa shape index (κ1) is 18.0. The first-order valence-corrected chi connectivity index (χ1v) is 10.9. The molecule has 4 aliphatic carbocycles. The summed E-state index contributed by atoms with van der Waals surface area (Å²) >= 11 is 0. The fourth-order valence-corrected chi connectivity index (χ4v) is 6.63.